The lowest BCUT2D eigenvalue weighted by atomic mass is 10.1. The molecule has 1 aromatic carbocycles. The number of rotatable bonds is 9. The van der Waals surface area contributed by atoms with Crippen LogP contribution >= 0.6 is 11.3 Å². The summed E-state index contributed by atoms with van der Waals surface area (Å²) in [5.74, 6) is 0.435. The number of thiophene rings is 1. The van der Waals surface area contributed by atoms with Crippen LogP contribution in [0.3, 0.4) is 0 Å². The lowest BCUT2D eigenvalue weighted by Crippen LogP contribution is -2.50. The molecule has 2 fully saturated rings. The molecule has 0 radical (unpaired) electrons. The summed E-state index contributed by atoms with van der Waals surface area (Å²) in [6.45, 7) is 4.00. The molecule has 1 amide bonds. The number of aryl methyl sites for hydroxylation is 1. The summed E-state index contributed by atoms with van der Waals surface area (Å²) in [5, 5.41) is 0. The van der Waals surface area contributed by atoms with Gasteiger partial charge in [0, 0.05) is 34.9 Å². The smallest absolute Gasteiger partial charge is 0.237 e. The van der Waals surface area contributed by atoms with Crippen molar-refractivity contribution in [1.29, 1.82) is 0 Å². The summed E-state index contributed by atoms with van der Waals surface area (Å²) in [6.07, 6.45) is 5.71. The predicted molar refractivity (Wildman–Crippen MR) is 131 cm³/mol. The fourth-order valence-electron chi connectivity index (χ4n) is 5.09. The van der Waals surface area contributed by atoms with Gasteiger partial charge in [0.2, 0.25) is 5.91 Å². The van der Waals surface area contributed by atoms with Crippen molar-refractivity contribution in [1.82, 2.24) is 9.80 Å². The van der Waals surface area contributed by atoms with Crippen LogP contribution in [-0.2, 0) is 27.6 Å². The minimum Gasteiger partial charge on any atom is -0.335 e. The van der Waals surface area contributed by atoms with E-state index in [-0.39, 0.29) is 29.5 Å². The molecule has 1 saturated carbocycles. The first-order valence-corrected chi connectivity index (χ1v) is 14.4. The van der Waals surface area contributed by atoms with Gasteiger partial charge in [-0.1, -0.05) is 43.2 Å². The van der Waals surface area contributed by atoms with Crippen molar-refractivity contribution in [3.8, 4) is 0 Å². The molecule has 4 rings (SSSR count). The zero-order valence-corrected chi connectivity index (χ0v) is 20.5. The van der Waals surface area contributed by atoms with Crippen LogP contribution in [0.4, 0.5) is 0 Å². The van der Waals surface area contributed by atoms with Gasteiger partial charge in [0.25, 0.3) is 0 Å². The van der Waals surface area contributed by atoms with Gasteiger partial charge in [0.15, 0.2) is 9.84 Å². The highest BCUT2D eigenvalue weighted by atomic mass is 32.2. The van der Waals surface area contributed by atoms with Gasteiger partial charge in [-0.25, -0.2) is 8.42 Å². The Morgan fingerprint density at radius 1 is 1.03 bits per heavy atom. The molecule has 1 aromatic heterocycles. The Kier molecular flexibility index (Phi) is 7.69. The topological polar surface area (TPSA) is 57.7 Å². The average Bonchev–Trinajstić information content (AvgIpc) is 3.50. The van der Waals surface area contributed by atoms with Crippen molar-refractivity contribution in [3.63, 3.8) is 0 Å². The van der Waals surface area contributed by atoms with Crippen LogP contribution in [0, 0.1) is 6.92 Å². The molecule has 174 valence electrons. The lowest BCUT2D eigenvalue weighted by molar-refractivity contribution is -0.137. The minimum atomic E-state index is -3.03. The summed E-state index contributed by atoms with van der Waals surface area (Å²) < 4.78 is 24.3. The molecule has 1 atom stereocenters. The number of carbonyl (C=O) groups excluding carboxylic acids is 1. The first-order chi connectivity index (χ1) is 15.4. The molecule has 2 heterocycles. The van der Waals surface area contributed by atoms with E-state index in [2.05, 4.69) is 48.2 Å². The molecular formula is C25H34N2O3S2. The van der Waals surface area contributed by atoms with Crippen molar-refractivity contribution in [2.24, 2.45) is 0 Å². The normalized spacial score (nSPS) is 20.8. The third-order valence-electron chi connectivity index (χ3n) is 6.70. The van der Waals surface area contributed by atoms with Gasteiger partial charge < -0.3 is 4.90 Å². The standard InChI is InChI=1S/C25H34N2O3S2/c1-20-11-12-24(31-20)17-26(15-13-21-7-3-2-4-8-21)18-25(28)27(22-9-5-6-10-22)23-14-16-32(29,30)19-23/h2-4,7-8,11-12,22-23H,5-6,9-10,13-19H2,1H3/t23-/m0/s1. The summed E-state index contributed by atoms with van der Waals surface area (Å²) >= 11 is 1.78. The van der Waals surface area contributed by atoms with Gasteiger partial charge in [-0.05, 0) is 50.3 Å². The van der Waals surface area contributed by atoms with Crippen molar-refractivity contribution >= 4 is 27.1 Å². The molecule has 2 aliphatic rings. The Labute approximate surface area is 196 Å². The van der Waals surface area contributed by atoms with Crippen molar-refractivity contribution in [2.75, 3.05) is 24.6 Å². The molecule has 0 bridgehead atoms. The predicted octanol–water partition coefficient (Wildman–Crippen LogP) is 4.06. The molecule has 1 aliphatic heterocycles. The number of hydrogen-bond donors (Lipinski definition) is 0. The minimum absolute atomic E-state index is 0.0975. The highest BCUT2D eigenvalue weighted by molar-refractivity contribution is 7.91. The van der Waals surface area contributed by atoms with Gasteiger partial charge >= 0.3 is 0 Å². The quantitative estimate of drug-likeness (QED) is 0.550. The van der Waals surface area contributed by atoms with Crippen LogP contribution in [0.2, 0.25) is 0 Å². The van der Waals surface area contributed by atoms with E-state index < -0.39 is 9.84 Å². The van der Waals surface area contributed by atoms with E-state index in [0.29, 0.717) is 13.0 Å². The van der Waals surface area contributed by atoms with Crippen LogP contribution in [0.1, 0.15) is 47.4 Å². The molecule has 1 aliphatic carbocycles. The van der Waals surface area contributed by atoms with Gasteiger partial charge in [0.1, 0.15) is 0 Å². The number of amides is 1. The molecule has 1 saturated heterocycles. The second kappa shape index (κ2) is 10.5. The fraction of sp³-hybridized carbons (Fsp3) is 0.560. The number of benzene rings is 1. The van der Waals surface area contributed by atoms with Crippen LogP contribution in [0.5, 0.6) is 0 Å². The summed E-state index contributed by atoms with van der Waals surface area (Å²) in [4.78, 5) is 20.4. The number of nitrogens with zero attached hydrogens (tertiary/aromatic N) is 2. The van der Waals surface area contributed by atoms with Gasteiger partial charge in [-0.2, -0.15) is 0 Å². The largest absolute Gasteiger partial charge is 0.335 e. The monoisotopic (exact) mass is 474 g/mol. The molecular weight excluding hydrogens is 440 g/mol. The SMILES string of the molecule is Cc1ccc(CN(CCc2ccccc2)CC(=O)N(C2CCCC2)[C@H]2CCS(=O)(=O)C2)s1. The van der Waals surface area contributed by atoms with E-state index in [1.54, 1.807) is 11.3 Å². The summed E-state index contributed by atoms with van der Waals surface area (Å²) in [5.41, 5.74) is 1.27. The van der Waals surface area contributed by atoms with Gasteiger partial charge in [-0.15, -0.1) is 11.3 Å². The Balaban J connectivity index is 1.49. The molecule has 32 heavy (non-hydrogen) atoms. The Hall–Kier alpha value is -1.70. The van der Waals surface area contributed by atoms with E-state index in [9.17, 15) is 13.2 Å². The average molecular weight is 475 g/mol. The van der Waals surface area contributed by atoms with E-state index in [1.807, 2.05) is 11.0 Å². The number of hydrogen-bond acceptors (Lipinski definition) is 5. The Morgan fingerprint density at radius 3 is 2.41 bits per heavy atom. The van der Waals surface area contributed by atoms with Crippen LogP contribution in [0.15, 0.2) is 42.5 Å². The van der Waals surface area contributed by atoms with Crippen molar-refractivity contribution in [3.05, 3.63) is 57.8 Å². The van der Waals surface area contributed by atoms with E-state index in [4.69, 9.17) is 0 Å². The maximum atomic E-state index is 13.6. The van der Waals surface area contributed by atoms with Crippen LogP contribution < -0.4 is 0 Å². The maximum Gasteiger partial charge on any atom is 0.237 e. The summed E-state index contributed by atoms with van der Waals surface area (Å²) in [7, 11) is -3.03. The zero-order chi connectivity index (χ0) is 22.6. The summed E-state index contributed by atoms with van der Waals surface area (Å²) in [6, 6.07) is 14.7. The molecule has 0 spiro atoms. The maximum absolute atomic E-state index is 13.6. The first kappa shape index (κ1) is 23.5. The van der Waals surface area contributed by atoms with Crippen molar-refractivity contribution < 1.29 is 13.2 Å². The highest BCUT2D eigenvalue weighted by Crippen LogP contribution is 2.29. The van der Waals surface area contributed by atoms with E-state index >= 15 is 0 Å². The third-order valence-corrected chi connectivity index (χ3v) is 9.44. The molecule has 2 aromatic rings. The van der Waals surface area contributed by atoms with Crippen LogP contribution in [0.25, 0.3) is 0 Å². The van der Waals surface area contributed by atoms with E-state index in [1.165, 1.54) is 15.3 Å². The molecule has 7 heteroatoms. The van der Waals surface area contributed by atoms with Gasteiger partial charge in [-0.3, -0.25) is 9.69 Å². The van der Waals surface area contributed by atoms with Crippen molar-refractivity contribution in [2.45, 2.75) is 64.1 Å². The second-order valence-corrected chi connectivity index (χ2v) is 12.9. The Morgan fingerprint density at radius 2 is 1.78 bits per heavy atom. The lowest BCUT2D eigenvalue weighted by Gasteiger charge is -2.36. The fourth-order valence-corrected chi connectivity index (χ4v) is 7.74. The molecule has 0 unspecified atom stereocenters. The zero-order valence-electron chi connectivity index (χ0n) is 18.9. The second-order valence-electron chi connectivity index (χ2n) is 9.25. The van der Waals surface area contributed by atoms with Gasteiger partial charge in [0.05, 0.1) is 18.1 Å². The van der Waals surface area contributed by atoms with Crippen LogP contribution in [-0.4, -0.2) is 60.8 Å². The van der Waals surface area contributed by atoms with E-state index in [0.717, 1.165) is 45.2 Å². The number of sulfone groups is 1. The third kappa shape index (κ3) is 6.21. The number of carbonyl (C=O) groups is 1. The molecule has 5 nitrogen and oxygen atoms in total. The first-order valence-electron chi connectivity index (χ1n) is 11.7. The molecule has 0 N–H and O–H groups in total. The highest BCUT2D eigenvalue weighted by Gasteiger charge is 2.39. The Bertz CT molecular complexity index is 997.